The number of nitrogens with one attached hydrogen (secondary N) is 1. The van der Waals surface area contributed by atoms with Crippen LogP contribution in [0.25, 0.3) is 0 Å². The minimum atomic E-state index is -0.310. The van der Waals surface area contributed by atoms with Gasteiger partial charge in [-0.05, 0) is 13.3 Å². The molecule has 3 atom stereocenters. The van der Waals surface area contributed by atoms with Crippen molar-refractivity contribution < 1.29 is 14.6 Å². The normalized spacial score (nSPS) is 31.8. The monoisotopic (exact) mass is 286 g/mol. The lowest BCUT2D eigenvalue weighted by atomic mass is 9.64. The van der Waals surface area contributed by atoms with Gasteiger partial charge >= 0.3 is 0 Å². The Morgan fingerprint density at radius 1 is 1.40 bits per heavy atom. The van der Waals surface area contributed by atoms with Crippen molar-refractivity contribution in [3.05, 3.63) is 0 Å². The molecule has 0 bridgehead atoms. The van der Waals surface area contributed by atoms with Crippen LogP contribution in [0.4, 0.5) is 0 Å². The summed E-state index contributed by atoms with van der Waals surface area (Å²) in [4.78, 5) is 2.27. The van der Waals surface area contributed by atoms with Crippen LogP contribution in [-0.4, -0.2) is 74.3 Å². The summed E-state index contributed by atoms with van der Waals surface area (Å²) in [5.74, 6) is 0. The number of morpholine rings is 1. The van der Waals surface area contributed by atoms with Gasteiger partial charge in [0.25, 0.3) is 0 Å². The minimum Gasteiger partial charge on any atom is -0.390 e. The highest BCUT2D eigenvalue weighted by Crippen LogP contribution is 2.42. The van der Waals surface area contributed by atoms with Crippen LogP contribution >= 0.6 is 0 Å². The zero-order chi connectivity index (χ0) is 14.6. The second kappa shape index (κ2) is 7.18. The molecule has 0 radical (unpaired) electrons. The first-order valence-corrected chi connectivity index (χ1v) is 7.87. The SMILES string of the molecule is CCOC1CC(NCC(O)CN2CCOCC2)C1(C)C. The highest BCUT2D eigenvalue weighted by molar-refractivity contribution is 5.02. The second-order valence-electron chi connectivity index (χ2n) is 6.53. The van der Waals surface area contributed by atoms with Gasteiger partial charge in [-0.25, -0.2) is 0 Å². The molecule has 2 aliphatic rings. The van der Waals surface area contributed by atoms with Crippen LogP contribution in [0.3, 0.4) is 0 Å². The summed E-state index contributed by atoms with van der Waals surface area (Å²) in [5, 5.41) is 13.6. The summed E-state index contributed by atoms with van der Waals surface area (Å²) in [6.07, 6.45) is 1.09. The number of hydrogen-bond donors (Lipinski definition) is 2. The maximum atomic E-state index is 10.1. The lowest BCUT2D eigenvalue weighted by molar-refractivity contribution is -0.115. The fraction of sp³-hybridized carbons (Fsp3) is 1.00. The number of aliphatic hydroxyl groups excluding tert-OH is 1. The van der Waals surface area contributed by atoms with E-state index in [1.54, 1.807) is 0 Å². The maximum Gasteiger partial charge on any atom is 0.0791 e. The Labute approximate surface area is 122 Å². The molecular weight excluding hydrogens is 256 g/mol. The maximum absolute atomic E-state index is 10.1. The summed E-state index contributed by atoms with van der Waals surface area (Å²) in [5.41, 5.74) is 0.161. The lowest BCUT2D eigenvalue weighted by Crippen LogP contribution is -2.62. The van der Waals surface area contributed by atoms with E-state index in [2.05, 4.69) is 24.1 Å². The van der Waals surface area contributed by atoms with E-state index < -0.39 is 0 Å². The van der Waals surface area contributed by atoms with Crippen LogP contribution < -0.4 is 5.32 Å². The van der Waals surface area contributed by atoms with Gasteiger partial charge in [0.2, 0.25) is 0 Å². The van der Waals surface area contributed by atoms with Crippen molar-refractivity contribution in [2.75, 3.05) is 46.0 Å². The highest BCUT2D eigenvalue weighted by atomic mass is 16.5. The summed E-state index contributed by atoms with van der Waals surface area (Å²) in [6.45, 7) is 12.1. The van der Waals surface area contributed by atoms with Crippen molar-refractivity contribution in [2.45, 2.75) is 45.4 Å². The van der Waals surface area contributed by atoms with Crippen LogP contribution in [0.5, 0.6) is 0 Å². The van der Waals surface area contributed by atoms with E-state index in [9.17, 15) is 5.11 Å². The fourth-order valence-electron chi connectivity index (χ4n) is 3.14. The number of β-amino-alcohol motifs (C(OH)–C–C–N with tert-alkyl or cyclic N) is 1. The molecule has 118 valence electrons. The highest BCUT2D eigenvalue weighted by Gasteiger charge is 2.48. The lowest BCUT2D eigenvalue weighted by Gasteiger charge is -2.52. The van der Waals surface area contributed by atoms with E-state index in [-0.39, 0.29) is 11.5 Å². The first kappa shape index (κ1) is 16.2. The van der Waals surface area contributed by atoms with E-state index in [0.29, 0.717) is 18.7 Å². The molecule has 1 heterocycles. The Hall–Kier alpha value is -0.200. The Kier molecular flexibility index (Phi) is 5.81. The molecule has 3 unspecified atom stereocenters. The Morgan fingerprint density at radius 2 is 2.10 bits per heavy atom. The molecule has 0 spiro atoms. The molecule has 2 fully saturated rings. The first-order valence-electron chi connectivity index (χ1n) is 7.87. The zero-order valence-corrected chi connectivity index (χ0v) is 13.1. The van der Waals surface area contributed by atoms with Crippen LogP contribution in [0.1, 0.15) is 27.2 Å². The van der Waals surface area contributed by atoms with Gasteiger partial charge in [-0.2, -0.15) is 0 Å². The summed E-state index contributed by atoms with van der Waals surface area (Å²) < 4.78 is 11.0. The standard InChI is InChI=1S/C15H30N2O3/c1-4-20-14-9-13(15(14,2)3)16-10-12(18)11-17-5-7-19-8-6-17/h12-14,16,18H,4-11H2,1-3H3. The molecule has 0 aromatic carbocycles. The summed E-state index contributed by atoms with van der Waals surface area (Å²) >= 11 is 0. The Balaban J connectivity index is 1.65. The molecule has 5 heteroatoms. The van der Waals surface area contributed by atoms with E-state index in [1.165, 1.54) is 0 Å². The predicted octanol–water partition coefficient (Wildman–Crippen LogP) is 0.473. The second-order valence-corrected chi connectivity index (χ2v) is 6.53. The van der Waals surface area contributed by atoms with Crippen molar-refractivity contribution in [2.24, 2.45) is 5.41 Å². The Bertz CT molecular complexity index is 293. The van der Waals surface area contributed by atoms with E-state index in [0.717, 1.165) is 45.9 Å². The molecule has 5 nitrogen and oxygen atoms in total. The molecule has 2 N–H and O–H groups in total. The van der Waals surface area contributed by atoms with Crippen molar-refractivity contribution in [3.63, 3.8) is 0 Å². The van der Waals surface area contributed by atoms with E-state index >= 15 is 0 Å². The Morgan fingerprint density at radius 3 is 2.70 bits per heavy atom. The molecule has 0 amide bonds. The largest absolute Gasteiger partial charge is 0.390 e. The number of aliphatic hydroxyl groups is 1. The van der Waals surface area contributed by atoms with Gasteiger partial charge in [0.15, 0.2) is 0 Å². The molecule has 1 aliphatic heterocycles. The third-order valence-corrected chi connectivity index (χ3v) is 4.72. The molecule has 0 aromatic heterocycles. The fourth-order valence-corrected chi connectivity index (χ4v) is 3.14. The number of nitrogens with zero attached hydrogens (tertiary/aromatic N) is 1. The third kappa shape index (κ3) is 3.92. The molecule has 2 rings (SSSR count). The van der Waals surface area contributed by atoms with Gasteiger partial charge in [0, 0.05) is 44.2 Å². The van der Waals surface area contributed by atoms with Gasteiger partial charge in [-0.3, -0.25) is 4.90 Å². The molecule has 0 aromatic rings. The summed E-state index contributed by atoms with van der Waals surface area (Å²) in [7, 11) is 0. The van der Waals surface area contributed by atoms with Crippen molar-refractivity contribution in [3.8, 4) is 0 Å². The van der Waals surface area contributed by atoms with Gasteiger partial charge in [0.05, 0.1) is 25.4 Å². The molecule has 1 aliphatic carbocycles. The van der Waals surface area contributed by atoms with Crippen LogP contribution in [0.15, 0.2) is 0 Å². The minimum absolute atomic E-state index is 0.161. The average Bonchev–Trinajstić information content (AvgIpc) is 2.43. The zero-order valence-electron chi connectivity index (χ0n) is 13.1. The first-order chi connectivity index (χ1) is 9.54. The number of ether oxygens (including phenoxy) is 2. The molecule has 1 saturated heterocycles. The van der Waals surface area contributed by atoms with Gasteiger partial charge in [0.1, 0.15) is 0 Å². The topological polar surface area (TPSA) is 54.0 Å². The average molecular weight is 286 g/mol. The number of hydrogen-bond acceptors (Lipinski definition) is 5. The summed E-state index contributed by atoms with van der Waals surface area (Å²) in [6, 6.07) is 0.443. The molecular formula is C15H30N2O3. The van der Waals surface area contributed by atoms with Gasteiger partial charge < -0.3 is 19.9 Å². The van der Waals surface area contributed by atoms with Crippen LogP contribution in [0, 0.1) is 5.41 Å². The quantitative estimate of drug-likeness (QED) is 0.713. The number of rotatable bonds is 7. The van der Waals surface area contributed by atoms with Crippen LogP contribution in [-0.2, 0) is 9.47 Å². The van der Waals surface area contributed by atoms with Gasteiger partial charge in [-0.1, -0.05) is 13.8 Å². The third-order valence-electron chi connectivity index (χ3n) is 4.72. The van der Waals surface area contributed by atoms with Gasteiger partial charge in [-0.15, -0.1) is 0 Å². The molecule has 20 heavy (non-hydrogen) atoms. The van der Waals surface area contributed by atoms with E-state index in [1.807, 2.05) is 6.92 Å². The predicted molar refractivity (Wildman–Crippen MR) is 78.9 cm³/mol. The smallest absolute Gasteiger partial charge is 0.0791 e. The van der Waals surface area contributed by atoms with Crippen molar-refractivity contribution >= 4 is 0 Å². The van der Waals surface area contributed by atoms with E-state index in [4.69, 9.17) is 9.47 Å². The van der Waals surface area contributed by atoms with Crippen LogP contribution in [0.2, 0.25) is 0 Å². The molecule has 1 saturated carbocycles. The van der Waals surface area contributed by atoms with Crippen molar-refractivity contribution in [1.29, 1.82) is 0 Å². The van der Waals surface area contributed by atoms with Crippen molar-refractivity contribution in [1.82, 2.24) is 10.2 Å².